The number of rotatable bonds is 7. The summed E-state index contributed by atoms with van der Waals surface area (Å²) < 4.78 is 0. The van der Waals surface area contributed by atoms with E-state index in [-0.39, 0.29) is 0 Å². The van der Waals surface area contributed by atoms with E-state index in [1.807, 2.05) is 6.07 Å². The van der Waals surface area contributed by atoms with Crippen molar-refractivity contribution < 1.29 is 0 Å². The molecule has 0 aliphatic heterocycles. The summed E-state index contributed by atoms with van der Waals surface area (Å²) in [5, 5.41) is 3.24. The smallest absolute Gasteiger partial charge is 0.222 e. The summed E-state index contributed by atoms with van der Waals surface area (Å²) in [7, 11) is 0. The first-order valence-electron chi connectivity index (χ1n) is 5.57. The van der Waals surface area contributed by atoms with Crippen LogP contribution in [0.1, 0.15) is 26.2 Å². The highest BCUT2D eigenvalue weighted by Crippen LogP contribution is 2.10. The first kappa shape index (κ1) is 11.9. The molecule has 0 aliphatic rings. The maximum atomic E-state index is 5.57. The SMILES string of the molecule is CCCC(CCN)CNc1ncccn1. The molecule has 0 saturated carbocycles. The largest absolute Gasteiger partial charge is 0.354 e. The van der Waals surface area contributed by atoms with Crippen LogP contribution < -0.4 is 11.1 Å². The molecule has 0 radical (unpaired) electrons. The van der Waals surface area contributed by atoms with Crippen LogP contribution in [-0.2, 0) is 0 Å². The fourth-order valence-corrected chi connectivity index (χ4v) is 1.62. The standard InChI is InChI=1S/C11H20N4/c1-2-4-10(5-6-12)9-15-11-13-7-3-8-14-11/h3,7-8,10H,2,4-6,9,12H2,1H3,(H,13,14,15). The third kappa shape index (κ3) is 4.74. The van der Waals surface area contributed by atoms with Gasteiger partial charge in [-0.1, -0.05) is 13.3 Å². The van der Waals surface area contributed by atoms with Gasteiger partial charge < -0.3 is 11.1 Å². The average Bonchev–Trinajstić information content (AvgIpc) is 2.28. The number of nitrogens with one attached hydrogen (secondary N) is 1. The van der Waals surface area contributed by atoms with Crippen molar-refractivity contribution in [1.29, 1.82) is 0 Å². The summed E-state index contributed by atoms with van der Waals surface area (Å²) in [5.74, 6) is 1.33. The van der Waals surface area contributed by atoms with Crippen LogP contribution in [0.5, 0.6) is 0 Å². The Hall–Kier alpha value is -1.16. The van der Waals surface area contributed by atoms with Crippen molar-refractivity contribution in [3.05, 3.63) is 18.5 Å². The number of nitrogens with zero attached hydrogens (tertiary/aromatic N) is 2. The molecule has 0 fully saturated rings. The predicted molar refractivity (Wildman–Crippen MR) is 62.6 cm³/mol. The molecule has 0 bridgehead atoms. The number of aromatic nitrogens is 2. The second-order valence-electron chi connectivity index (χ2n) is 3.69. The molecule has 1 aromatic rings. The molecule has 4 nitrogen and oxygen atoms in total. The Kier molecular flexibility index (Phi) is 5.70. The summed E-state index contributed by atoms with van der Waals surface area (Å²) in [4.78, 5) is 8.23. The van der Waals surface area contributed by atoms with Crippen molar-refractivity contribution in [2.45, 2.75) is 26.2 Å². The van der Waals surface area contributed by atoms with E-state index < -0.39 is 0 Å². The maximum Gasteiger partial charge on any atom is 0.222 e. The van der Waals surface area contributed by atoms with E-state index in [1.165, 1.54) is 12.8 Å². The summed E-state index contributed by atoms with van der Waals surface area (Å²) >= 11 is 0. The Bertz CT molecular complexity index is 244. The van der Waals surface area contributed by atoms with E-state index in [1.54, 1.807) is 12.4 Å². The van der Waals surface area contributed by atoms with Crippen molar-refractivity contribution in [2.24, 2.45) is 11.7 Å². The highest BCUT2D eigenvalue weighted by molar-refractivity contribution is 5.21. The summed E-state index contributed by atoms with van der Waals surface area (Å²) in [6, 6.07) is 1.81. The molecule has 1 aromatic heterocycles. The van der Waals surface area contributed by atoms with Gasteiger partial charge in [-0.3, -0.25) is 0 Å². The van der Waals surface area contributed by atoms with Crippen LogP contribution in [0.15, 0.2) is 18.5 Å². The average molecular weight is 208 g/mol. The van der Waals surface area contributed by atoms with Crippen LogP contribution in [0.3, 0.4) is 0 Å². The summed E-state index contributed by atoms with van der Waals surface area (Å²) in [6.45, 7) is 3.86. The molecule has 0 saturated heterocycles. The van der Waals surface area contributed by atoms with Crippen LogP contribution in [0.2, 0.25) is 0 Å². The minimum atomic E-state index is 0.629. The normalized spacial score (nSPS) is 12.4. The quantitative estimate of drug-likeness (QED) is 0.715. The molecule has 0 spiro atoms. The van der Waals surface area contributed by atoms with Gasteiger partial charge in [0.15, 0.2) is 0 Å². The minimum Gasteiger partial charge on any atom is -0.354 e. The summed E-state index contributed by atoms with van der Waals surface area (Å²) in [5.41, 5.74) is 5.57. The fraction of sp³-hybridized carbons (Fsp3) is 0.636. The molecule has 0 aliphatic carbocycles. The summed E-state index contributed by atoms with van der Waals surface area (Å²) in [6.07, 6.45) is 6.95. The van der Waals surface area contributed by atoms with Crippen LogP contribution in [0.4, 0.5) is 5.95 Å². The van der Waals surface area contributed by atoms with Crippen molar-refractivity contribution in [3.8, 4) is 0 Å². The molecule has 0 aromatic carbocycles. The van der Waals surface area contributed by atoms with Crippen molar-refractivity contribution in [1.82, 2.24) is 9.97 Å². The van der Waals surface area contributed by atoms with Gasteiger partial charge in [-0.05, 0) is 31.4 Å². The van der Waals surface area contributed by atoms with Gasteiger partial charge in [-0.15, -0.1) is 0 Å². The van der Waals surface area contributed by atoms with Crippen LogP contribution in [-0.4, -0.2) is 23.1 Å². The Labute approximate surface area is 91.3 Å². The van der Waals surface area contributed by atoms with Gasteiger partial charge in [-0.2, -0.15) is 0 Å². The Morgan fingerprint density at radius 2 is 2.07 bits per heavy atom. The fourth-order valence-electron chi connectivity index (χ4n) is 1.62. The second kappa shape index (κ2) is 7.17. The molecule has 0 amide bonds. The van der Waals surface area contributed by atoms with Crippen LogP contribution in [0.25, 0.3) is 0 Å². The van der Waals surface area contributed by atoms with E-state index in [2.05, 4.69) is 22.2 Å². The zero-order valence-electron chi connectivity index (χ0n) is 9.32. The lowest BCUT2D eigenvalue weighted by molar-refractivity contribution is 0.472. The number of nitrogens with two attached hydrogens (primary N) is 1. The Morgan fingerprint density at radius 1 is 1.33 bits per heavy atom. The zero-order valence-corrected chi connectivity index (χ0v) is 9.32. The number of hydrogen-bond acceptors (Lipinski definition) is 4. The third-order valence-corrected chi connectivity index (χ3v) is 2.39. The molecule has 4 heteroatoms. The highest BCUT2D eigenvalue weighted by Gasteiger charge is 2.06. The third-order valence-electron chi connectivity index (χ3n) is 2.39. The van der Waals surface area contributed by atoms with E-state index in [0.29, 0.717) is 11.9 Å². The van der Waals surface area contributed by atoms with E-state index in [4.69, 9.17) is 5.73 Å². The van der Waals surface area contributed by atoms with Gasteiger partial charge in [0.25, 0.3) is 0 Å². The van der Waals surface area contributed by atoms with Gasteiger partial charge in [0.2, 0.25) is 5.95 Å². The molecule has 15 heavy (non-hydrogen) atoms. The molecule has 1 unspecified atom stereocenters. The minimum absolute atomic E-state index is 0.629. The van der Waals surface area contributed by atoms with E-state index in [0.717, 1.165) is 19.5 Å². The lowest BCUT2D eigenvalue weighted by Crippen LogP contribution is -2.18. The molecule has 3 N–H and O–H groups in total. The lowest BCUT2D eigenvalue weighted by atomic mass is 10.00. The molecule has 1 atom stereocenters. The van der Waals surface area contributed by atoms with E-state index >= 15 is 0 Å². The van der Waals surface area contributed by atoms with Gasteiger partial charge in [-0.25, -0.2) is 9.97 Å². The Balaban J connectivity index is 2.33. The molecule has 84 valence electrons. The predicted octanol–water partition coefficient (Wildman–Crippen LogP) is 1.65. The van der Waals surface area contributed by atoms with Crippen LogP contribution >= 0.6 is 0 Å². The molecule has 1 heterocycles. The Morgan fingerprint density at radius 3 is 2.67 bits per heavy atom. The number of hydrogen-bond donors (Lipinski definition) is 2. The first-order chi connectivity index (χ1) is 7.36. The maximum absolute atomic E-state index is 5.57. The second-order valence-corrected chi connectivity index (χ2v) is 3.69. The highest BCUT2D eigenvalue weighted by atomic mass is 15.1. The lowest BCUT2D eigenvalue weighted by Gasteiger charge is -2.15. The van der Waals surface area contributed by atoms with Crippen molar-refractivity contribution in [2.75, 3.05) is 18.4 Å². The van der Waals surface area contributed by atoms with Gasteiger partial charge in [0, 0.05) is 18.9 Å². The van der Waals surface area contributed by atoms with E-state index in [9.17, 15) is 0 Å². The first-order valence-corrected chi connectivity index (χ1v) is 5.57. The van der Waals surface area contributed by atoms with Crippen molar-refractivity contribution in [3.63, 3.8) is 0 Å². The molecule has 1 rings (SSSR count). The molecular weight excluding hydrogens is 188 g/mol. The van der Waals surface area contributed by atoms with Gasteiger partial charge >= 0.3 is 0 Å². The zero-order chi connectivity index (χ0) is 10.9. The monoisotopic (exact) mass is 208 g/mol. The topological polar surface area (TPSA) is 63.8 Å². The van der Waals surface area contributed by atoms with Crippen molar-refractivity contribution >= 4 is 5.95 Å². The number of anilines is 1. The van der Waals surface area contributed by atoms with Gasteiger partial charge in [0.1, 0.15) is 0 Å². The molecular formula is C11H20N4. The van der Waals surface area contributed by atoms with Gasteiger partial charge in [0.05, 0.1) is 0 Å². The van der Waals surface area contributed by atoms with Crippen LogP contribution in [0, 0.1) is 5.92 Å².